The van der Waals surface area contributed by atoms with Crippen molar-refractivity contribution in [3.8, 4) is 56.9 Å². The summed E-state index contributed by atoms with van der Waals surface area (Å²) in [6, 6.07) is 87.3. The monoisotopic (exact) mass is 1220 g/mol. The number of benzene rings is 12. The number of hydrogen-bond donors (Lipinski definition) is 0. The zero-order valence-electron chi connectivity index (χ0n) is 46.1. The first-order valence-electron chi connectivity index (χ1n) is 27.5. The van der Waals surface area contributed by atoms with E-state index in [9.17, 15) is 0 Å². The molecule has 84 heavy (non-hydrogen) atoms. The molecule has 0 spiro atoms. The van der Waals surface area contributed by atoms with E-state index in [0.29, 0.717) is 29.1 Å². The molecule has 0 bridgehead atoms. The summed E-state index contributed by atoms with van der Waals surface area (Å²) >= 11 is 5.99. The van der Waals surface area contributed by atoms with Crippen LogP contribution < -0.4 is 29.4 Å². The molecule has 410 valence electrons. The van der Waals surface area contributed by atoms with Crippen molar-refractivity contribution in [2.45, 2.75) is 46.3 Å². The molecule has 1 aliphatic rings. The second kappa shape index (κ2) is 24.2. The quantitative estimate of drug-likeness (QED) is 0.0923. The number of aromatic nitrogens is 6. The van der Waals surface area contributed by atoms with Crippen molar-refractivity contribution in [3.63, 3.8) is 0 Å². The average molecular weight is 1220 g/mol. The molecule has 15 rings (SSSR count). The molecule has 1 saturated heterocycles. The zero-order valence-corrected chi connectivity index (χ0v) is 49.0. The van der Waals surface area contributed by atoms with E-state index in [4.69, 9.17) is 35.9 Å². The maximum atomic E-state index is 6.28. The minimum absolute atomic E-state index is 0. The fraction of sp³-hybridized carbons (Fsp3) is 0.0959. The van der Waals surface area contributed by atoms with E-state index in [1.807, 2.05) is 121 Å². The Balaban J connectivity index is 0.000000136. The van der Waals surface area contributed by atoms with Crippen molar-refractivity contribution in [2.24, 2.45) is 0 Å². The molecule has 14 aromatic rings. The molecule has 12 aromatic carbocycles. The second-order valence-electron chi connectivity index (χ2n) is 21.4. The summed E-state index contributed by atoms with van der Waals surface area (Å²) in [5.41, 5.74) is 5.15. The summed E-state index contributed by atoms with van der Waals surface area (Å²) in [5.74, 6) is 3.17. The lowest BCUT2D eigenvalue weighted by molar-refractivity contribution is -0.0000192. The van der Waals surface area contributed by atoms with Crippen LogP contribution in [-0.4, -0.2) is 48.2 Å². The normalized spacial score (nSPS) is 13.2. The first-order chi connectivity index (χ1) is 40.0. The average Bonchev–Trinajstić information content (AvgIpc) is 3.71. The Bertz CT molecular complexity index is 4470. The maximum Gasteiger partial charge on any atom is 0.494 e. The first kappa shape index (κ1) is 57.1. The Hall–Kier alpha value is -8.78. The van der Waals surface area contributed by atoms with E-state index < -0.39 is 0 Å². The summed E-state index contributed by atoms with van der Waals surface area (Å²) in [4.78, 5) is 27.5. The van der Waals surface area contributed by atoms with Crippen LogP contribution in [0.2, 0.25) is 5.28 Å². The summed E-state index contributed by atoms with van der Waals surface area (Å²) in [7, 11) is -0.343. The van der Waals surface area contributed by atoms with Gasteiger partial charge in [0.15, 0.2) is 29.1 Å². The Morgan fingerprint density at radius 1 is 0.286 bits per heavy atom. The van der Waals surface area contributed by atoms with Crippen molar-refractivity contribution in [3.05, 3.63) is 260 Å². The van der Waals surface area contributed by atoms with E-state index in [1.54, 1.807) is 0 Å². The number of fused-ring (bicyclic) bond motifs is 12. The molecule has 0 aliphatic carbocycles. The molecule has 0 N–H and O–H groups in total. The minimum Gasteiger partial charge on any atom is -1.00 e. The standard InChI is InChI=1S/C33H21N3.C24H23BO2.C15H10ClN3.CH4.HI/c1-3-11-22(12-4-1)31-34-32(23-13-5-2-6-14-23)36-33(35-31)24-19-20-29-27-17-8-7-15-25(27)26-16-9-10-18-28(26)30(29)21-24;1-23(2)24(3,4)27-25(26-23)16-13-14-21-19-11-6-5-9-17(19)18-10-7-8-12-20(18)22(21)15-16;16-15-18-13(11-7-3-1-4-8-11)17-14(19-15)12-9-5-2-6-10-12;;/h1-21H;5-15H,1-4H3;1-10H;1H4;1H/p-1. The first-order valence-corrected chi connectivity index (χ1v) is 27.8. The largest absolute Gasteiger partial charge is 1.00 e. The number of nitrogens with zero attached hydrogens (tertiary/aromatic N) is 6. The van der Waals surface area contributed by atoms with Crippen LogP contribution in [0.1, 0.15) is 35.1 Å². The van der Waals surface area contributed by atoms with Gasteiger partial charge >= 0.3 is 7.12 Å². The van der Waals surface area contributed by atoms with E-state index in [1.165, 1.54) is 64.6 Å². The lowest BCUT2D eigenvalue weighted by Crippen LogP contribution is -3.00. The van der Waals surface area contributed by atoms with Crippen LogP contribution in [0.4, 0.5) is 0 Å². The molecule has 0 saturated carbocycles. The summed E-state index contributed by atoms with van der Waals surface area (Å²) in [6.45, 7) is 8.38. The van der Waals surface area contributed by atoms with E-state index in [0.717, 1.165) is 33.3 Å². The highest BCUT2D eigenvalue weighted by molar-refractivity contribution is 6.62. The third kappa shape index (κ3) is 11.3. The Morgan fingerprint density at radius 3 is 0.869 bits per heavy atom. The molecule has 1 fully saturated rings. The summed E-state index contributed by atoms with van der Waals surface area (Å²) < 4.78 is 12.6. The molecular formula is C73H58BClIN6O2-. The van der Waals surface area contributed by atoms with Gasteiger partial charge in [0.25, 0.3) is 0 Å². The van der Waals surface area contributed by atoms with Crippen LogP contribution in [-0.2, 0) is 9.31 Å². The van der Waals surface area contributed by atoms with Crippen LogP contribution in [0.15, 0.2) is 255 Å². The zero-order chi connectivity index (χ0) is 55.8. The van der Waals surface area contributed by atoms with Gasteiger partial charge in [0, 0.05) is 27.8 Å². The molecule has 2 aromatic heterocycles. The molecular weight excluding hydrogens is 1170 g/mol. The van der Waals surface area contributed by atoms with Crippen molar-refractivity contribution < 1.29 is 33.3 Å². The maximum absolute atomic E-state index is 6.28. The third-order valence-corrected chi connectivity index (χ3v) is 15.8. The molecule has 0 unspecified atom stereocenters. The highest BCUT2D eigenvalue weighted by Gasteiger charge is 2.51. The third-order valence-electron chi connectivity index (χ3n) is 15.7. The summed E-state index contributed by atoms with van der Waals surface area (Å²) in [6.07, 6.45) is 0. The fourth-order valence-electron chi connectivity index (χ4n) is 10.8. The van der Waals surface area contributed by atoms with Crippen LogP contribution in [0.25, 0.3) is 122 Å². The Morgan fingerprint density at radius 2 is 0.536 bits per heavy atom. The molecule has 11 heteroatoms. The lowest BCUT2D eigenvalue weighted by Gasteiger charge is -2.32. The summed E-state index contributed by atoms with van der Waals surface area (Å²) in [5, 5.41) is 15.3. The molecule has 0 amide bonds. The highest BCUT2D eigenvalue weighted by Crippen LogP contribution is 2.40. The van der Waals surface area contributed by atoms with Crippen LogP contribution >= 0.6 is 11.6 Å². The molecule has 0 radical (unpaired) electrons. The van der Waals surface area contributed by atoms with E-state index >= 15 is 0 Å². The smallest absolute Gasteiger partial charge is 0.494 e. The lowest BCUT2D eigenvalue weighted by atomic mass is 9.77. The SMILES string of the molecule is C.CC1(C)OB(c2ccc3c4ccccc4c4ccccc4c3c2)OC1(C)C.Clc1nc(-c2ccccc2)nc(-c2ccccc2)n1.[I-].c1ccc(-c2nc(-c3ccccc3)nc(-c3ccc4c5ccccc5c5ccccc5c4c3)n2)cc1. The second-order valence-corrected chi connectivity index (χ2v) is 21.7. The minimum atomic E-state index is -0.343. The van der Waals surface area contributed by atoms with Gasteiger partial charge in [-0.05, 0) is 115 Å². The molecule has 8 nitrogen and oxygen atoms in total. The number of halogens is 2. The predicted octanol–water partition coefficient (Wildman–Crippen LogP) is 15.3. The van der Waals surface area contributed by atoms with E-state index in [-0.39, 0.29) is 55.0 Å². The number of rotatable bonds is 6. The predicted molar refractivity (Wildman–Crippen MR) is 346 cm³/mol. The number of hydrogen-bond acceptors (Lipinski definition) is 8. The van der Waals surface area contributed by atoms with Crippen molar-refractivity contribution in [1.82, 2.24) is 29.9 Å². The van der Waals surface area contributed by atoms with Gasteiger partial charge < -0.3 is 33.3 Å². The molecule has 3 heterocycles. The van der Waals surface area contributed by atoms with Gasteiger partial charge in [-0.25, -0.2) is 19.9 Å². The molecule has 0 atom stereocenters. The van der Waals surface area contributed by atoms with Gasteiger partial charge in [0.05, 0.1) is 11.2 Å². The van der Waals surface area contributed by atoms with Gasteiger partial charge in [0.2, 0.25) is 5.28 Å². The van der Waals surface area contributed by atoms with Gasteiger partial charge in [-0.1, -0.05) is 256 Å². The van der Waals surface area contributed by atoms with Gasteiger partial charge in [-0.15, -0.1) is 0 Å². The van der Waals surface area contributed by atoms with Gasteiger partial charge in [0.1, 0.15) is 0 Å². The Labute approximate surface area is 511 Å². The highest BCUT2D eigenvalue weighted by atomic mass is 127. The Kier molecular flexibility index (Phi) is 16.4. The molecule has 1 aliphatic heterocycles. The van der Waals surface area contributed by atoms with Gasteiger partial charge in [-0.3, -0.25) is 0 Å². The fourth-order valence-corrected chi connectivity index (χ4v) is 11.0. The van der Waals surface area contributed by atoms with Crippen molar-refractivity contribution >= 4 is 88.8 Å². The van der Waals surface area contributed by atoms with Crippen LogP contribution in [0.5, 0.6) is 0 Å². The van der Waals surface area contributed by atoms with Gasteiger partial charge in [-0.2, -0.15) is 9.97 Å². The van der Waals surface area contributed by atoms with Crippen molar-refractivity contribution in [1.29, 1.82) is 0 Å². The van der Waals surface area contributed by atoms with E-state index in [2.05, 4.69) is 176 Å². The van der Waals surface area contributed by atoms with Crippen LogP contribution in [0, 0.1) is 0 Å². The topological polar surface area (TPSA) is 95.8 Å². The van der Waals surface area contributed by atoms with Crippen molar-refractivity contribution in [2.75, 3.05) is 0 Å². The van der Waals surface area contributed by atoms with Crippen LogP contribution in [0.3, 0.4) is 0 Å².